The zero-order chi connectivity index (χ0) is 12.0. The van der Waals surface area contributed by atoms with Crippen LogP contribution in [0.3, 0.4) is 0 Å². The number of rotatable bonds is 6. The predicted octanol–water partition coefficient (Wildman–Crippen LogP) is 2.67. The molecule has 1 heterocycles. The van der Waals surface area contributed by atoms with Gasteiger partial charge in [-0.05, 0) is 19.3 Å². The molecule has 0 unspecified atom stereocenters. The average Bonchev–Trinajstić information content (AvgIpc) is 2.23. The molecule has 0 saturated heterocycles. The standard InChI is InChI=1S/C12H22N4/c1-5-6-13-12-15-10(4)7-11(16-12)14-8-9(2)3/h7,9H,5-6,8H2,1-4H3,(H2,13,14,15,16). The second-order valence-corrected chi connectivity index (χ2v) is 4.42. The fourth-order valence-corrected chi connectivity index (χ4v) is 1.28. The highest BCUT2D eigenvalue weighted by Gasteiger charge is 2.01. The third-order valence-corrected chi connectivity index (χ3v) is 2.08. The second kappa shape index (κ2) is 6.30. The number of hydrogen-bond acceptors (Lipinski definition) is 4. The Morgan fingerprint density at radius 3 is 2.62 bits per heavy atom. The molecule has 0 aliphatic heterocycles. The highest BCUT2D eigenvalue weighted by atomic mass is 15.1. The van der Waals surface area contributed by atoms with Crippen LogP contribution in [-0.4, -0.2) is 23.1 Å². The van der Waals surface area contributed by atoms with E-state index in [-0.39, 0.29) is 0 Å². The van der Waals surface area contributed by atoms with Crippen LogP contribution in [-0.2, 0) is 0 Å². The lowest BCUT2D eigenvalue weighted by Gasteiger charge is -2.10. The predicted molar refractivity (Wildman–Crippen MR) is 68.9 cm³/mol. The zero-order valence-electron chi connectivity index (χ0n) is 10.7. The number of aryl methyl sites for hydroxylation is 1. The lowest BCUT2D eigenvalue weighted by molar-refractivity contribution is 0.686. The lowest BCUT2D eigenvalue weighted by atomic mass is 10.2. The summed E-state index contributed by atoms with van der Waals surface area (Å²) in [5, 5.41) is 6.51. The van der Waals surface area contributed by atoms with Gasteiger partial charge >= 0.3 is 0 Å². The highest BCUT2D eigenvalue weighted by molar-refractivity contribution is 5.42. The number of anilines is 2. The van der Waals surface area contributed by atoms with E-state index in [1.165, 1.54) is 0 Å². The number of nitrogens with one attached hydrogen (secondary N) is 2. The molecule has 1 aromatic rings. The summed E-state index contributed by atoms with van der Waals surface area (Å²) in [7, 11) is 0. The Bertz CT molecular complexity index is 323. The fourth-order valence-electron chi connectivity index (χ4n) is 1.28. The highest BCUT2D eigenvalue weighted by Crippen LogP contribution is 2.10. The molecule has 90 valence electrons. The van der Waals surface area contributed by atoms with E-state index in [0.29, 0.717) is 11.9 Å². The molecule has 0 atom stereocenters. The lowest BCUT2D eigenvalue weighted by Crippen LogP contribution is -2.12. The molecule has 0 radical (unpaired) electrons. The van der Waals surface area contributed by atoms with E-state index in [1.54, 1.807) is 0 Å². The van der Waals surface area contributed by atoms with E-state index in [4.69, 9.17) is 0 Å². The van der Waals surface area contributed by atoms with Gasteiger partial charge in [0.05, 0.1) is 0 Å². The Morgan fingerprint density at radius 1 is 1.25 bits per heavy atom. The molecular weight excluding hydrogens is 200 g/mol. The molecule has 0 aliphatic rings. The van der Waals surface area contributed by atoms with Crippen LogP contribution < -0.4 is 10.6 Å². The largest absolute Gasteiger partial charge is 0.370 e. The summed E-state index contributed by atoms with van der Waals surface area (Å²) in [6, 6.07) is 1.97. The van der Waals surface area contributed by atoms with Gasteiger partial charge in [-0.2, -0.15) is 4.98 Å². The minimum absolute atomic E-state index is 0.613. The van der Waals surface area contributed by atoms with Crippen LogP contribution in [0.4, 0.5) is 11.8 Å². The third kappa shape index (κ3) is 4.47. The first kappa shape index (κ1) is 12.7. The first-order valence-corrected chi connectivity index (χ1v) is 5.95. The molecule has 1 aromatic heterocycles. The average molecular weight is 222 g/mol. The van der Waals surface area contributed by atoms with E-state index in [0.717, 1.165) is 31.0 Å². The van der Waals surface area contributed by atoms with Gasteiger partial charge in [0.2, 0.25) is 5.95 Å². The first-order chi connectivity index (χ1) is 7.61. The summed E-state index contributed by atoms with van der Waals surface area (Å²) < 4.78 is 0. The maximum atomic E-state index is 4.41. The van der Waals surface area contributed by atoms with Gasteiger partial charge in [-0.25, -0.2) is 4.98 Å². The van der Waals surface area contributed by atoms with Crippen molar-refractivity contribution >= 4 is 11.8 Å². The van der Waals surface area contributed by atoms with Gasteiger partial charge in [0.25, 0.3) is 0 Å². The van der Waals surface area contributed by atoms with Crippen molar-refractivity contribution in [3.63, 3.8) is 0 Å². The summed E-state index contributed by atoms with van der Waals surface area (Å²) in [5.41, 5.74) is 0.986. The number of hydrogen-bond donors (Lipinski definition) is 2. The molecule has 2 N–H and O–H groups in total. The molecule has 4 nitrogen and oxygen atoms in total. The molecule has 0 fully saturated rings. The molecule has 4 heteroatoms. The van der Waals surface area contributed by atoms with Gasteiger partial charge in [0, 0.05) is 24.8 Å². The van der Waals surface area contributed by atoms with E-state index >= 15 is 0 Å². The molecule has 0 amide bonds. The summed E-state index contributed by atoms with van der Waals surface area (Å²) in [6.45, 7) is 10.3. The normalized spacial score (nSPS) is 10.6. The first-order valence-electron chi connectivity index (χ1n) is 5.95. The summed E-state index contributed by atoms with van der Waals surface area (Å²) in [6.07, 6.45) is 1.08. The van der Waals surface area contributed by atoms with Crippen LogP contribution in [0.25, 0.3) is 0 Å². The molecular formula is C12H22N4. The topological polar surface area (TPSA) is 49.8 Å². The van der Waals surface area contributed by atoms with Crippen molar-refractivity contribution in [1.82, 2.24) is 9.97 Å². The van der Waals surface area contributed by atoms with Crippen molar-refractivity contribution in [1.29, 1.82) is 0 Å². The second-order valence-electron chi connectivity index (χ2n) is 4.42. The van der Waals surface area contributed by atoms with Crippen molar-refractivity contribution in [3.8, 4) is 0 Å². The number of nitrogens with zero attached hydrogens (tertiary/aromatic N) is 2. The fraction of sp³-hybridized carbons (Fsp3) is 0.667. The molecule has 16 heavy (non-hydrogen) atoms. The molecule has 0 saturated carbocycles. The van der Waals surface area contributed by atoms with Crippen LogP contribution in [0, 0.1) is 12.8 Å². The monoisotopic (exact) mass is 222 g/mol. The number of aromatic nitrogens is 2. The van der Waals surface area contributed by atoms with Gasteiger partial charge in [0.1, 0.15) is 5.82 Å². The van der Waals surface area contributed by atoms with E-state index < -0.39 is 0 Å². The molecule has 0 aliphatic carbocycles. The maximum absolute atomic E-state index is 4.41. The summed E-state index contributed by atoms with van der Waals surface area (Å²) in [4.78, 5) is 8.75. The van der Waals surface area contributed by atoms with Gasteiger partial charge < -0.3 is 10.6 Å². The Kier molecular flexibility index (Phi) is 5.02. The van der Waals surface area contributed by atoms with Crippen molar-refractivity contribution in [2.24, 2.45) is 5.92 Å². The van der Waals surface area contributed by atoms with E-state index in [1.807, 2.05) is 13.0 Å². The molecule has 0 spiro atoms. The summed E-state index contributed by atoms with van der Waals surface area (Å²) >= 11 is 0. The Balaban J connectivity index is 2.65. The van der Waals surface area contributed by atoms with Gasteiger partial charge in [0.15, 0.2) is 0 Å². The van der Waals surface area contributed by atoms with E-state index in [2.05, 4.69) is 41.4 Å². The van der Waals surface area contributed by atoms with Crippen LogP contribution in [0.5, 0.6) is 0 Å². The van der Waals surface area contributed by atoms with Crippen LogP contribution in [0.2, 0.25) is 0 Å². The maximum Gasteiger partial charge on any atom is 0.224 e. The minimum Gasteiger partial charge on any atom is -0.370 e. The van der Waals surface area contributed by atoms with Crippen molar-refractivity contribution < 1.29 is 0 Å². The van der Waals surface area contributed by atoms with Crippen molar-refractivity contribution in [3.05, 3.63) is 11.8 Å². The smallest absolute Gasteiger partial charge is 0.224 e. The summed E-state index contributed by atoms with van der Waals surface area (Å²) in [5.74, 6) is 2.23. The Labute approximate surface area is 97.9 Å². The van der Waals surface area contributed by atoms with Gasteiger partial charge in [-0.15, -0.1) is 0 Å². The van der Waals surface area contributed by atoms with Crippen LogP contribution >= 0.6 is 0 Å². The van der Waals surface area contributed by atoms with Crippen molar-refractivity contribution in [2.75, 3.05) is 23.7 Å². The van der Waals surface area contributed by atoms with Gasteiger partial charge in [-0.3, -0.25) is 0 Å². The minimum atomic E-state index is 0.613. The molecule has 1 rings (SSSR count). The van der Waals surface area contributed by atoms with Crippen molar-refractivity contribution in [2.45, 2.75) is 34.1 Å². The molecule has 0 aromatic carbocycles. The SMILES string of the molecule is CCCNc1nc(C)cc(NCC(C)C)n1. The van der Waals surface area contributed by atoms with Crippen LogP contribution in [0.1, 0.15) is 32.9 Å². The van der Waals surface area contributed by atoms with Crippen LogP contribution in [0.15, 0.2) is 6.07 Å². The molecule has 0 bridgehead atoms. The third-order valence-electron chi connectivity index (χ3n) is 2.08. The zero-order valence-corrected chi connectivity index (χ0v) is 10.7. The Hall–Kier alpha value is -1.32. The van der Waals surface area contributed by atoms with Gasteiger partial charge in [-0.1, -0.05) is 20.8 Å². The van der Waals surface area contributed by atoms with E-state index in [9.17, 15) is 0 Å². The quantitative estimate of drug-likeness (QED) is 0.777. The Morgan fingerprint density at radius 2 is 2.00 bits per heavy atom.